The van der Waals surface area contributed by atoms with Crippen molar-refractivity contribution < 1.29 is 14.3 Å². The van der Waals surface area contributed by atoms with Gasteiger partial charge in [-0.25, -0.2) is 4.79 Å². The third-order valence-electron chi connectivity index (χ3n) is 2.67. The topological polar surface area (TPSA) is 81.4 Å². The lowest BCUT2D eigenvalue weighted by Crippen LogP contribution is -2.37. The van der Waals surface area contributed by atoms with Crippen LogP contribution in [-0.2, 0) is 9.53 Å². The van der Waals surface area contributed by atoms with Gasteiger partial charge in [0.05, 0.1) is 6.61 Å². The quantitative estimate of drug-likeness (QED) is 0.609. The van der Waals surface area contributed by atoms with Crippen molar-refractivity contribution >= 4 is 29.1 Å². The number of esters is 1. The van der Waals surface area contributed by atoms with Crippen molar-refractivity contribution in [3.8, 4) is 0 Å². The first-order valence-electron chi connectivity index (χ1n) is 5.45. The summed E-state index contributed by atoms with van der Waals surface area (Å²) in [4.78, 5) is 23.3. The first-order chi connectivity index (χ1) is 8.58. The highest BCUT2D eigenvalue weighted by molar-refractivity contribution is 7.80. The van der Waals surface area contributed by atoms with Gasteiger partial charge in [-0.1, -0.05) is 24.4 Å². The summed E-state index contributed by atoms with van der Waals surface area (Å²) < 4.78 is 4.77. The van der Waals surface area contributed by atoms with Crippen molar-refractivity contribution in [2.45, 2.75) is 12.5 Å². The molecular formula is C12H12N2O3S. The number of nitrogens with one attached hydrogen (secondary N) is 1. The molecule has 0 spiro atoms. The van der Waals surface area contributed by atoms with Gasteiger partial charge in [0.15, 0.2) is 0 Å². The molecule has 5 nitrogen and oxygen atoms in total. The Kier molecular flexibility index (Phi) is 3.57. The van der Waals surface area contributed by atoms with Gasteiger partial charge < -0.3 is 15.8 Å². The van der Waals surface area contributed by atoms with E-state index in [4.69, 9.17) is 22.7 Å². The van der Waals surface area contributed by atoms with E-state index >= 15 is 0 Å². The lowest BCUT2D eigenvalue weighted by atomic mass is 10.1. The fraction of sp³-hybridized carbons (Fsp3) is 0.250. The number of ether oxygens (including phenoxy) is 1. The fourth-order valence-corrected chi connectivity index (χ4v) is 1.79. The summed E-state index contributed by atoms with van der Waals surface area (Å²) in [5.41, 5.74) is 6.61. The van der Waals surface area contributed by atoms with Crippen LogP contribution in [-0.4, -0.2) is 29.5 Å². The molecule has 1 heterocycles. The molecule has 1 atom stereocenters. The van der Waals surface area contributed by atoms with E-state index in [1.807, 2.05) is 0 Å². The number of cyclic esters (lactones) is 1. The van der Waals surface area contributed by atoms with Crippen molar-refractivity contribution in [2.24, 2.45) is 5.73 Å². The highest BCUT2D eigenvalue weighted by Gasteiger charge is 2.28. The van der Waals surface area contributed by atoms with E-state index in [-0.39, 0.29) is 16.9 Å². The maximum absolute atomic E-state index is 11.8. The SMILES string of the molecule is NC(=S)c1ccc(C(=O)NC2CCOC2=O)cc1. The summed E-state index contributed by atoms with van der Waals surface area (Å²) in [5.74, 6) is -0.698. The van der Waals surface area contributed by atoms with Crippen LogP contribution in [0.25, 0.3) is 0 Å². The first-order valence-corrected chi connectivity index (χ1v) is 5.86. The van der Waals surface area contributed by atoms with E-state index in [1.165, 1.54) is 0 Å². The number of carbonyl (C=O) groups excluding carboxylic acids is 2. The Hall–Kier alpha value is -1.95. The molecule has 3 N–H and O–H groups in total. The Labute approximate surface area is 109 Å². The Morgan fingerprint density at radius 3 is 2.44 bits per heavy atom. The number of amides is 1. The van der Waals surface area contributed by atoms with Crippen molar-refractivity contribution in [3.05, 3.63) is 35.4 Å². The minimum atomic E-state index is -0.548. The molecule has 1 aliphatic rings. The Morgan fingerprint density at radius 1 is 1.33 bits per heavy atom. The molecule has 0 aromatic heterocycles. The van der Waals surface area contributed by atoms with E-state index in [0.29, 0.717) is 24.2 Å². The van der Waals surface area contributed by atoms with Crippen LogP contribution in [0, 0.1) is 0 Å². The molecule has 1 aromatic rings. The number of hydrogen-bond acceptors (Lipinski definition) is 4. The first kappa shape index (κ1) is 12.5. The number of nitrogens with two attached hydrogens (primary N) is 1. The molecule has 0 bridgehead atoms. The van der Waals surface area contributed by atoms with Crippen molar-refractivity contribution in [1.82, 2.24) is 5.32 Å². The minimum Gasteiger partial charge on any atom is -0.464 e. The molecule has 1 unspecified atom stereocenters. The van der Waals surface area contributed by atoms with Gasteiger partial charge in [0, 0.05) is 17.5 Å². The van der Waals surface area contributed by atoms with Gasteiger partial charge in [-0.2, -0.15) is 0 Å². The molecule has 1 amide bonds. The Bertz CT molecular complexity index is 499. The van der Waals surface area contributed by atoms with Crippen LogP contribution < -0.4 is 11.1 Å². The summed E-state index contributed by atoms with van der Waals surface area (Å²) in [6.45, 7) is 0.351. The Balaban J connectivity index is 2.04. The van der Waals surface area contributed by atoms with Crippen molar-refractivity contribution in [3.63, 3.8) is 0 Å². The van der Waals surface area contributed by atoms with Crippen molar-refractivity contribution in [1.29, 1.82) is 0 Å². The molecule has 2 rings (SSSR count). The van der Waals surface area contributed by atoms with Gasteiger partial charge in [0.1, 0.15) is 11.0 Å². The molecule has 94 valence electrons. The maximum Gasteiger partial charge on any atom is 0.328 e. The van der Waals surface area contributed by atoms with Crippen LogP contribution in [0.15, 0.2) is 24.3 Å². The van der Waals surface area contributed by atoms with Crippen molar-refractivity contribution in [2.75, 3.05) is 6.61 Å². The molecule has 1 saturated heterocycles. The Morgan fingerprint density at radius 2 is 1.94 bits per heavy atom. The third-order valence-corrected chi connectivity index (χ3v) is 2.91. The number of thiocarbonyl (C=S) groups is 1. The second kappa shape index (κ2) is 5.14. The molecule has 1 aliphatic heterocycles. The van der Waals surface area contributed by atoms with E-state index in [9.17, 15) is 9.59 Å². The van der Waals surface area contributed by atoms with Gasteiger partial charge in [0.2, 0.25) is 0 Å². The molecule has 1 fully saturated rings. The summed E-state index contributed by atoms with van der Waals surface area (Å²) in [6.07, 6.45) is 0.509. The predicted octanol–water partition coefficient (Wildman–Crippen LogP) is 0.366. The summed E-state index contributed by atoms with van der Waals surface area (Å²) in [5, 5.41) is 2.62. The molecule has 1 aromatic carbocycles. The zero-order chi connectivity index (χ0) is 13.1. The minimum absolute atomic E-state index is 0.279. The van der Waals surface area contributed by atoms with Crippen LogP contribution in [0.1, 0.15) is 22.3 Å². The lowest BCUT2D eigenvalue weighted by Gasteiger charge is -2.09. The zero-order valence-electron chi connectivity index (χ0n) is 9.51. The van der Waals surface area contributed by atoms with E-state index in [0.717, 1.165) is 0 Å². The highest BCUT2D eigenvalue weighted by atomic mass is 32.1. The number of carbonyl (C=O) groups is 2. The van der Waals surface area contributed by atoms with Crippen LogP contribution in [0.2, 0.25) is 0 Å². The average molecular weight is 264 g/mol. The molecule has 0 radical (unpaired) electrons. The van der Waals surface area contributed by atoms with Gasteiger partial charge in [0.25, 0.3) is 5.91 Å². The van der Waals surface area contributed by atoms with E-state index in [1.54, 1.807) is 24.3 Å². The average Bonchev–Trinajstić information content (AvgIpc) is 2.75. The van der Waals surface area contributed by atoms with E-state index in [2.05, 4.69) is 5.32 Å². The summed E-state index contributed by atoms with van der Waals surface area (Å²) >= 11 is 4.82. The second-order valence-corrected chi connectivity index (χ2v) is 4.36. The monoisotopic (exact) mass is 264 g/mol. The number of rotatable bonds is 3. The lowest BCUT2D eigenvalue weighted by molar-refractivity contribution is -0.139. The second-order valence-electron chi connectivity index (χ2n) is 3.92. The standard InChI is InChI=1S/C12H12N2O3S/c13-10(18)7-1-3-8(4-2-7)11(15)14-9-5-6-17-12(9)16/h1-4,9H,5-6H2,(H2,13,18)(H,14,15). The van der Waals surface area contributed by atoms with Gasteiger partial charge in [-0.15, -0.1) is 0 Å². The smallest absolute Gasteiger partial charge is 0.328 e. The predicted molar refractivity (Wildman–Crippen MR) is 69.2 cm³/mol. The van der Waals surface area contributed by atoms with Gasteiger partial charge in [-0.3, -0.25) is 4.79 Å². The molecule has 6 heteroatoms. The maximum atomic E-state index is 11.8. The largest absolute Gasteiger partial charge is 0.464 e. The van der Waals surface area contributed by atoms with Gasteiger partial charge in [-0.05, 0) is 12.1 Å². The molecule has 0 aliphatic carbocycles. The van der Waals surface area contributed by atoms with E-state index < -0.39 is 6.04 Å². The van der Waals surface area contributed by atoms with Crippen LogP contribution in [0.4, 0.5) is 0 Å². The summed E-state index contributed by atoms with van der Waals surface area (Å²) in [6, 6.07) is 6.02. The number of benzene rings is 1. The molecule has 0 saturated carbocycles. The highest BCUT2D eigenvalue weighted by Crippen LogP contribution is 2.09. The zero-order valence-corrected chi connectivity index (χ0v) is 10.3. The van der Waals surface area contributed by atoms with Gasteiger partial charge >= 0.3 is 5.97 Å². The molecular weight excluding hydrogens is 252 g/mol. The normalized spacial score (nSPS) is 18.2. The summed E-state index contributed by atoms with van der Waals surface area (Å²) in [7, 11) is 0. The van der Waals surface area contributed by atoms with Crippen LogP contribution in [0.3, 0.4) is 0 Å². The molecule has 18 heavy (non-hydrogen) atoms. The van der Waals surface area contributed by atoms with Crippen LogP contribution in [0.5, 0.6) is 0 Å². The fourth-order valence-electron chi connectivity index (χ4n) is 1.65. The van der Waals surface area contributed by atoms with Crippen LogP contribution >= 0.6 is 12.2 Å². The third kappa shape index (κ3) is 2.65. The number of hydrogen-bond donors (Lipinski definition) is 2.